The quantitative estimate of drug-likeness (QED) is 0.377. The maximum absolute atomic E-state index is 3.76. The molecule has 0 fully saturated rings. The van der Waals surface area contributed by atoms with Gasteiger partial charge >= 0.3 is 0 Å². The molecule has 0 spiro atoms. The van der Waals surface area contributed by atoms with E-state index in [1.54, 1.807) is 0 Å². The van der Waals surface area contributed by atoms with Gasteiger partial charge in [-0.3, -0.25) is 0 Å². The molecule has 4 aromatic carbocycles. The van der Waals surface area contributed by atoms with Crippen LogP contribution in [-0.2, 0) is 0 Å². The summed E-state index contributed by atoms with van der Waals surface area (Å²) >= 11 is 0. The summed E-state index contributed by atoms with van der Waals surface area (Å²) in [4.78, 5) is 0. The van der Waals surface area contributed by atoms with Gasteiger partial charge in [0.25, 0.3) is 0 Å². The number of anilines is 2. The monoisotopic (exact) mass is 395 g/mol. The lowest BCUT2D eigenvalue weighted by molar-refractivity contribution is 0.870. The summed E-state index contributed by atoms with van der Waals surface area (Å²) < 4.78 is 0. The minimum atomic E-state index is -0.666. The summed E-state index contributed by atoms with van der Waals surface area (Å²) in [5, 5.41) is 7.86. The molecule has 2 heteroatoms. The van der Waals surface area contributed by atoms with E-state index in [4.69, 9.17) is 0 Å². The van der Waals surface area contributed by atoms with Crippen molar-refractivity contribution < 1.29 is 0 Å². The zero-order valence-corrected chi connectivity index (χ0v) is 17.8. The largest absolute Gasteiger partial charge is 0.355 e. The van der Waals surface area contributed by atoms with Gasteiger partial charge in [0.1, 0.15) is 0 Å². The predicted octanol–water partition coefficient (Wildman–Crippen LogP) is 6.31. The van der Waals surface area contributed by atoms with Gasteiger partial charge in [0.2, 0.25) is 0 Å². The fraction of sp³-hybridized carbons (Fsp3) is 0.111. The Morgan fingerprint density at radius 2 is 1.10 bits per heavy atom. The van der Waals surface area contributed by atoms with Gasteiger partial charge in [0, 0.05) is 11.0 Å². The van der Waals surface area contributed by atoms with Crippen LogP contribution in [0.5, 0.6) is 0 Å². The average molecular weight is 395 g/mol. The van der Waals surface area contributed by atoms with E-state index in [-0.39, 0.29) is 0 Å². The van der Waals surface area contributed by atoms with E-state index in [0.29, 0.717) is 5.92 Å². The SMILES string of the molecule is CC(C)c1cccc(P(c2ccccc2)c2ccccc2)c1Nc1ccccc1. The zero-order valence-electron chi connectivity index (χ0n) is 16.9. The lowest BCUT2D eigenvalue weighted by Crippen LogP contribution is -2.23. The van der Waals surface area contributed by atoms with Gasteiger partial charge in [0.05, 0.1) is 5.69 Å². The van der Waals surface area contributed by atoms with Gasteiger partial charge in [-0.2, -0.15) is 0 Å². The van der Waals surface area contributed by atoms with Gasteiger partial charge in [-0.25, -0.2) is 0 Å². The van der Waals surface area contributed by atoms with E-state index in [1.165, 1.54) is 27.2 Å². The molecule has 0 unspecified atom stereocenters. The molecule has 1 nitrogen and oxygen atoms in total. The molecule has 29 heavy (non-hydrogen) atoms. The number of rotatable bonds is 6. The van der Waals surface area contributed by atoms with Crippen LogP contribution in [0.4, 0.5) is 11.4 Å². The van der Waals surface area contributed by atoms with Crippen LogP contribution in [0, 0.1) is 0 Å². The van der Waals surface area contributed by atoms with E-state index < -0.39 is 7.92 Å². The maximum atomic E-state index is 3.76. The van der Waals surface area contributed by atoms with Crippen molar-refractivity contribution in [3.8, 4) is 0 Å². The number of hydrogen-bond acceptors (Lipinski definition) is 1. The second-order valence-corrected chi connectivity index (χ2v) is 9.58. The van der Waals surface area contributed by atoms with Crippen molar-refractivity contribution in [3.05, 3.63) is 115 Å². The van der Waals surface area contributed by atoms with E-state index in [0.717, 1.165) is 5.69 Å². The fourth-order valence-electron chi connectivity index (χ4n) is 3.61. The first-order chi connectivity index (χ1) is 14.2. The molecule has 0 aliphatic rings. The van der Waals surface area contributed by atoms with Crippen molar-refractivity contribution >= 4 is 35.2 Å². The van der Waals surface area contributed by atoms with Crippen molar-refractivity contribution in [3.63, 3.8) is 0 Å². The van der Waals surface area contributed by atoms with Crippen LogP contribution in [0.25, 0.3) is 0 Å². The Morgan fingerprint density at radius 1 is 0.586 bits per heavy atom. The molecule has 0 bridgehead atoms. The Bertz CT molecular complexity index is 1000. The number of benzene rings is 4. The van der Waals surface area contributed by atoms with E-state index in [2.05, 4.69) is 128 Å². The van der Waals surface area contributed by atoms with Gasteiger partial charge < -0.3 is 5.32 Å². The van der Waals surface area contributed by atoms with Crippen molar-refractivity contribution in [2.75, 3.05) is 5.32 Å². The fourth-order valence-corrected chi connectivity index (χ4v) is 6.05. The van der Waals surface area contributed by atoms with Gasteiger partial charge in [-0.15, -0.1) is 0 Å². The van der Waals surface area contributed by atoms with Gasteiger partial charge in [-0.05, 0) is 42.1 Å². The highest BCUT2D eigenvalue weighted by molar-refractivity contribution is 7.80. The van der Waals surface area contributed by atoms with E-state index in [1.807, 2.05) is 0 Å². The second-order valence-electron chi connectivity index (χ2n) is 7.39. The van der Waals surface area contributed by atoms with E-state index >= 15 is 0 Å². The van der Waals surface area contributed by atoms with Crippen LogP contribution in [0.15, 0.2) is 109 Å². The first kappa shape index (κ1) is 19.4. The Hall–Kier alpha value is -2.89. The molecule has 0 aliphatic carbocycles. The summed E-state index contributed by atoms with van der Waals surface area (Å²) in [6, 6.07) is 39.0. The van der Waals surface area contributed by atoms with Crippen molar-refractivity contribution in [1.82, 2.24) is 0 Å². The van der Waals surface area contributed by atoms with E-state index in [9.17, 15) is 0 Å². The van der Waals surface area contributed by atoms with Gasteiger partial charge in [0.15, 0.2) is 0 Å². The Morgan fingerprint density at radius 3 is 1.62 bits per heavy atom. The Labute approximate surface area is 175 Å². The normalized spacial score (nSPS) is 11.0. The molecule has 0 atom stereocenters. The molecule has 0 saturated heterocycles. The molecule has 1 N–H and O–H groups in total. The highest BCUT2D eigenvalue weighted by Crippen LogP contribution is 2.39. The summed E-state index contributed by atoms with van der Waals surface area (Å²) in [6.45, 7) is 4.53. The second kappa shape index (κ2) is 9.07. The third-order valence-corrected chi connectivity index (χ3v) is 7.49. The summed E-state index contributed by atoms with van der Waals surface area (Å²) in [6.07, 6.45) is 0. The van der Waals surface area contributed by atoms with Crippen molar-refractivity contribution in [1.29, 1.82) is 0 Å². The molecular formula is C27H26NP. The van der Waals surface area contributed by atoms with Crippen molar-refractivity contribution in [2.24, 2.45) is 0 Å². The third kappa shape index (κ3) is 4.42. The smallest absolute Gasteiger partial charge is 0.0504 e. The molecule has 0 aliphatic heterocycles. The molecule has 4 aromatic rings. The van der Waals surface area contributed by atoms with Crippen molar-refractivity contribution in [2.45, 2.75) is 19.8 Å². The summed E-state index contributed by atoms with van der Waals surface area (Å²) in [5.41, 5.74) is 3.72. The lowest BCUT2D eigenvalue weighted by Gasteiger charge is -2.26. The molecule has 0 saturated carbocycles. The highest BCUT2D eigenvalue weighted by Gasteiger charge is 2.22. The molecule has 144 valence electrons. The first-order valence-corrected chi connectivity index (χ1v) is 11.4. The Kier molecular flexibility index (Phi) is 6.08. The minimum Gasteiger partial charge on any atom is -0.355 e. The first-order valence-electron chi connectivity index (χ1n) is 10.1. The van der Waals surface area contributed by atoms with Crippen LogP contribution < -0.4 is 21.2 Å². The zero-order chi connectivity index (χ0) is 20.1. The molecule has 0 radical (unpaired) electrons. The predicted molar refractivity (Wildman–Crippen MR) is 129 cm³/mol. The third-order valence-electron chi connectivity index (χ3n) is 5.01. The lowest BCUT2D eigenvalue weighted by atomic mass is 10.0. The maximum Gasteiger partial charge on any atom is 0.0504 e. The Balaban J connectivity index is 1.92. The standard InChI is InChI=1S/C27H26NP/c1-21(2)25-19-12-20-26(27(25)28-22-13-6-3-7-14-22)29(23-15-8-4-9-16-23)24-17-10-5-11-18-24/h3-21,28H,1-2H3. The molecule has 0 amide bonds. The molecule has 4 rings (SSSR count). The molecule has 0 heterocycles. The molecule has 0 aromatic heterocycles. The van der Waals surface area contributed by atoms with Crippen LogP contribution in [0.3, 0.4) is 0 Å². The van der Waals surface area contributed by atoms with Crippen LogP contribution in [-0.4, -0.2) is 0 Å². The number of para-hydroxylation sites is 2. The summed E-state index contributed by atoms with van der Waals surface area (Å²) in [5.74, 6) is 0.435. The van der Waals surface area contributed by atoms with Crippen LogP contribution in [0.2, 0.25) is 0 Å². The summed E-state index contributed by atoms with van der Waals surface area (Å²) in [7, 11) is -0.666. The average Bonchev–Trinajstić information content (AvgIpc) is 2.77. The number of hydrogen-bond donors (Lipinski definition) is 1. The van der Waals surface area contributed by atoms with Crippen LogP contribution >= 0.6 is 7.92 Å². The van der Waals surface area contributed by atoms with Crippen LogP contribution in [0.1, 0.15) is 25.3 Å². The number of nitrogens with one attached hydrogen (secondary N) is 1. The topological polar surface area (TPSA) is 12.0 Å². The molecular weight excluding hydrogens is 369 g/mol. The minimum absolute atomic E-state index is 0.435. The van der Waals surface area contributed by atoms with Gasteiger partial charge in [-0.1, -0.05) is 111 Å². The highest BCUT2D eigenvalue weighted by atomic mass is 31.1.